The second-order valence-electron chi connectivity index (χ2n) is 2.04. The van der Waals surface area contributed by atoms with Crippen LogP contribution in [0.25, 0.3) is 0 Å². The Morgan fingerprint density at radius 2 is 1.00 bits per heavy atom. The van der Waals surface area contributed by atoms with E-state index in [4.69, 9.17) is 9.47 Å². The first kappa shape index (κ1) is 16.7. The van der Waals surface area contributed by atoms with Crippen molar-refractivity contribution in [3.63, 3.8) is 0 Å². The van der Waals surface area contributed by atoms with Crippen LogP contribution in [0.2, 0.25) is 0 Å². The molecule has 0 aliphatic heterocycles. The van der Waals surface area contributed by atoms with Crippen LogP contribution in [0.15, 0.2) is 49.9 Å². The maximum Gasteiger partial charge on any atom is 0.126 e. The molecule has 0 unspecified atom stereocenters. The molecule has 2 heteroatoms. The Morgan fingerprint density at radius 1 is 0.750 bits per heavy atom. The molecule has 0 N–H and O–H groups in total. The van der Waals surface area contributed by atoms with Crippen LogP contribution < -0.4 is 9.47 Å². The fraction of sp³-hybridized carbons (Fsp3) is 0.286. The molecule has 16 heavy (non-hydrogen) atoms. The van der Waals surface area contributed by atoms with Gasteiger partial charge in [0, 0.05) is 0 Å². The van der Waals surface area contributed by atoms with Gasteiger partial charge in [-0.1, -0.05) is 40.9 Å². The molecule has 0 spiro atoms. The van der Waals surface area contributed by atoms with Crippen LogP contribution in [0.1, 0.15) is 27.7 Å². The fourth-order valence-corrected chi connectivity index (χ4v) is 0.789. The van der Waals surface area contributed by atoms with Gasteiger partial charge in [0.25, 0.3) is 0 Å². The third-order valence-corrected chi connectivity index (χ3v) is 1.26. The monoisotopic (exact) mass is 222 g/mol. The Bertz CT molecular complexity index is 234. The summed E-state index contributed by atoms with van der Waals surface area (Å²) in [6.45, 7) is 14.9. The summed E-state index contributed by atoms with van der Waals surface area (Å²) in [5, 5.41) is 0. The molecule has 0 aliphatic carbocycles. The van der Waals surface area contributed by atoms with Crippen molar-refractivity contribution in [2.24, 2.45) is 0 Å². The Hall–Kier alpha value is -1.70. The third kappa shape index (κ3) is 7.68. The SMILES string of the molecule is C=COc1ccc(OC=C)cc1.CC.CC. The molecule has 0 radical (unpaired) electrons. The van der Waals surface area contributed by atoms with Crippen LogP contribution in [0.3, 0.4) is 0 Å². The molecule has 0 saturated carbocycles. The predicted octanol–water partition coefficient (Wildman–Crippen LogP) is 4.78. The van der Waals surface area contributed by atoms with E-state index in [0.29, 0.717) is 0 Å². The Morgan fingerprint density at radius 3 is 1.19 bits per heavy atom. The summed E-state index contributed by atoms with van der Waals surface area (Å²) >= 11 is 0. The van der Waals surface area contributed by atoms with Crippen molar-refractivity contribution in [2.75, 3.05) is 0 Å². The van der Waals surface area contributed by atoms with Gasteiger partial charge in [-0.05, 0) is 24.3 Å². The van der Waals surface area contributed by atoms with Crippen LogP contribution >= 0.6 is 0 Å². The van der Waals surface area contributed by atoms with Crippen molar-refractivity contribution in [2.45, 2.75) is 27.7 Å². The van der Waals surface area contributed by atoms with Gasteiger partial charge in [0.15, 0.2) is 0 Å². The highest BCUT2D eigenvalue weighted by Gasteiger charge is 1.91. The smallest absolute Gasteiger partial charge is 0.126 e. The topological polar surface area (TPSA) is 18.5 Å². The molecule has 0 aliphatic rings. The van der Waals surface area contributed by atoms with E-state index in [1.165, 1.54) is 12.5 Å². The molecule has 0 amide bonds. The molecule has 0 fully saturated rings. The summed E-state index contributed by atoms with van der Waals surface area (Å²) < 4.78 is 10.0. The first-order valence-corrected chi connectivity index (χ1v) is 5.52. The number of hydrogen-bond acceptors (Lipinski definition) is 2. The number of hydrogen-bond donors (Lipinski definition) is 0. The summed E-state index contributed by atoms with van der Waals surface area (Å²) in [6, 6.07) is 7.17. The lowest BCUT2D eigenvalue weighted by atomic mass is 10.3. The summed E-state index contributed by atoms with van der Waals surface area (Å²) in [7, 11) is 0. The molecular weight excluding hydrogens is 200 g/mol. The lowest BCUT2D eigenvalue weighted by Gasteiger charge is -2.01. The Labute approximate surface area is 99.2 Å². The standard InChI is InChI=1S/C10H10O2.2C2H6/c1-3-11-9-5-7-10(8-6-9)12-4-2;2*1-2/h3-8H,1-2H2;2*1-2H3. The minimum atomic E-state index is 0.737. The van der Waals surface area contributed by atoms with Crippen molar-refractivity contribution in [1.29, 1.82) is 0 Å². The maximum absolute atomic E-state index is 5.02. The second kappa shape index (κ2) is 13.3. The van der Waals surface area contributed by atoms with E-state index >= 15 is 0 Å². The van der Waals surface area contributed by atoms with E-state index in [-0.39, 0.29) is 0 Å². The van der Waals surface area contributed by atoms with Crippen LogP contribution in [0.5, 0.6) is 11.5 Å². The van der Waals surface area contributed by atoms with Gasteiger partial charge in [-0.3, -0.25) is 0 Å². The third-order valence-electron chi connectivity index (χ3n) is 1.26. The van der Waals surface area contributed by atoms with Gasteiger partial charge in [-0.15, -0.1) is 0 Å². The zero-order valence-electron chi connectivity index (χ0n) is 10.7. The van der Waals surface area contributed by atoms with Gasteiger partial charge in [-0.25, -0.2) is 0 Å². The minimum Gasteiger partial charge on any atom is -0.466 e. The van der Waals surface area contributed by atoms with Gasteiger partial charge in [0.1, 0.15) is 11.5 Å². The summed E-state index contributed by atoms with van der Waals surface area (Å²) in [6.07, 6.45) is 2.76. The van der Waals surface area contributed by atoms with Gasteiger partial charge in [0.05, 0.1) is 12.5 Å². The van der Waals surface area contributed by atoms with Crippen molar-refractivity contribution in [3.8, 4) is 11.5 Å². The van der Waals surface area contributed by atoms with E-state index in [9.17, 15) is 0 Å². The van der Waals surface area contributed by atoms with E-state index in [2.05, 4.69) is 13.2 Å². The molecule has 1 rings (SSSR count). The highest BCUT2D eigenvalue weighted by Crippen LogP contribution is 2.17. The maximum atomic E-state index is 5.02. The second-order valence-corrected chi connectivity index (χ2v) is 2.04. The van der Waals surface area contributed by atoms with Gasteiger partial charge in [-0.2, -0.15) is 0 Å². The van der Waals surface area contributed by atoms with Crippen LogP contribution in [-0.2, 0) is 0 Å². The molecule has 90 valence electrons. The first-order chi connectivity index (χ1) is 7.86. The van der Waals surface area contributed by atoms with Crippen LogP contribution in [0.4, 0.5) is 0 Å². The molecule has 1 aromatic rings. The predicted molar refractivity (Wildman–Crippen MR) is 70.8 cm³/mol. The van der Waals surface area contributed by atoms with E-state index in [1.54, 1.807) is 24.3 Å². The van der Waals surface area contributed by atoms with E-state index in [1.807, 2.05) is 27.7 Å². The lowest BCUT2D eigenvalue weighted by molar-refractivity contribution is 0.470. The average molecular weight is 222 g/mol. The minimum absolute atomic E-state index is 0.737. The lowest BCUT2D eigenvalue weighted by Crippen LogP contribution is -1.82. The molecule has 0 heterocycles. The molecule has 0 aromatic heterocycles. The van der Waals surface area contributed by atoms with Crippen LogP contribution in [-0.4, -0.2) is 0 Å². The molecule has 0 bridgehead atoms. The molecular formula is C14H22O2. The van der Waals surface area contributed by atoms with Crippen molar-refractivity contribution in [3.05, 3.63) is 49.9 Å². The normalized spacial score (nSPS) is 7.25. The van der Waals surface area contributed by atoms with E-state index < -0.39 is 0 Å². The number of benzene rings is 1. The summed E-state index contributed by atoms with van der Waals surface area (Å²) in [5.41, 5.74) is 0. The van der Waals surface area contributed by atoms with E-state index in [0.717, 1.165) is 11.5 Å². The summed E-state index contributed by atoms with van der Waals surface area (Å²) in [4.78, 5) is 0. The van der Waals surface area contributed by atoms with Crippen molar-refractivity contribution >= 4 is 0 Å². The fourth-order valence-electron chi connectivity index (χ4n) is 0.789. The zero-order valence-corrected chi connectivity index (χ0v) is 10.7. The van der Waals surface area contributed by atoms with Gasteiger partial charge in [0.2, 0.25) is 0 Å². The van der Waals surface area contributed by atoms with Crippen molar-refractivity contribution < 1.29 is 9.47 Å². The molecule has 1 aromatic carbocycles. The number of ether oxygens (including phenoxy) is 2. The molecule has 0 atom stereocenters. The van der Waals surface area contributed by atoms with Crippen LogP contribution in [0, 0.1) is 0 Å². The largest absolute Gasteiger partial charge is 0.466 e. The zero-order chi connectivity index (χ0) is 12.8. The molecule has 2 nitrogen and oxygen atoms in total. The van der Waals surface area contributed by atoms with Crippen molar-refractivity contribution in [1.82, 2.24) is 0 Å². The quantitative estimate of drug-likeness (QED) is 0.682. The Balaban J connectivity index is 0. The Kier molecular flexibility index (Phi) is 13.9. The molecule has 0 saturated heterocycles. The van der Waals surface area contributed by atoms with Gasteiger partial charge >= 0.3 is 0 Å². The first-order valence-electron chi connectivity index (χ1n) is 5.52. The summed E-state index contributed by atoms with van der Waals surface area (Å²) in [5.74, 6) is 1.47. The average Bonchev–Trinajstić information content (AvgIpc) is 2.37. The van der Waals surface area contributed by atoms with Gasteiger partial charge < -0.3 is 9.47 Å². The highest BCUT2D eigenvalue weighted by atomic mass is 16.5. The number of rotatable bonds is 4. The highest BCUT2D eigenvalue weighted by molar-refractivity contribution is 5.31.